The van der Waals surface area contributed by atoms with Gasteiger partial charge in [0.05, 0.1) is 6.61 Å². The molecule has 1 aromatic heterocycles. The SMILES string of the molecule is CCOC[C@@H]1CCCN(C[C@@H]2CCCC[C@H]2NC(=O)c2ccc(-n3cccc3)cc2)C1. The van der Waals surface area contributed by atoms with E-state index in [0.29, 0.717) is 11.8 Å². The van der Waals surface area contributed by atoms with E-state index in [9.17, 15) is 4.79 Å². The van der Waals surface area contributed by atoms with E-state index in [2.05, 4.69) is 21.7 Å². The van der Waals surface area contributed by atoms with Crippen molar-refractivity contribution in [1.29, 1.82) is 0 Å². The molecule has 168 valence electrons. The summed E-state index contributed by atoms with van der Waals surface area (Å²) in [6.45, 7) is 7.18. The standard InChI is InChI=1S/C26H37N3O2/c1-2-31-20-21-8-7-15-28(18-21)19-23-9-3-4-10-25(23)27-26(30)22-11-13-24(14-12-22)29-16-5-6-17-29/h5-6,11-14,16-17,21,23,25H,2-4,7-10,15,18-20H2,1H3,(H,27,30)/t21-,23+,25-/m1/s1. The summed E-state index contributed by atoms with van der Waals surface area (Å²) in [6.07, 6.45) is 11.4. The Balaban J connectivity index is 1.33. The van der Waals surface area contributed by atoms with E-state index in [0.717, 1.165) is 44.0 Å². The predicted molar refractivity (Wildman–Crippen MR) is 125 cm³/mol. The van der Waals surface area contributed by atoms with Crippen LogP contribution in [0, 0.1) is 11.8 Å². The van der Waals surface area contributed by atoms with Crippen LogP contribution in [-0.4, -0.2) is 54.3 Å². The van der Waals surface area contributed by atoms with Gasteiger partial charge in [-0.3, -0.25) is 4.79 Å². The largest absolute Gasteiger partial charge is 0.381 e. The van der Waals surface area contributed by atoms with Gasteiger partial charge in [-0.15, -0.1) is 0 Å². The Hall–Kier alpha value is -2.11. The number of rotatable bonds is 8. The van der Waals surface area contributed by atoms with E-state index in [1.54, 1.807) is 0 Å². The minimum Gasteiger partial charge on any atom is -0.381 e. The van der Waals surface area contributed by atoms with E-state index in [-0.39, 0.29) is 11.9 Å². The highest BCUT2D eigenvalue weighted by atomic mass is 16.5. The smallest absolute Gasteiger partial charge is 0.251 e. The molecule has 0 spiro atoms. The topological polar surface area (TPSA) is 46.5 Å². The highest BCUT2D eigenvalue weighted by Crippen LogP contribution is 2.28. The zero-order valence-electron chi connectivity index (χ0n) is 18.8. The number of likely N-dealkylation sites (tertiary alicyclic amines) is 1. The van der Waals surface area contributed by atoms with Crippen LogP contribution in [0.2, 0.25) is 0 Å². The van der Waals surface area contributed by atoms with Gasteiger partial charge in [0.15, 0.2) is 0 Å². The number of carbonyl (C=O) groups excluding carboxylic acids is 1. The maximum absolute atomic E-state index is 13.0. The molecule has 1 aliphatic carbocycles. The lowest BCUT2D eigenvalue weighted by molar-refractivity contribution is 0.0548. The van der Waals surface area contributed by atoms with Crippen LogP contribution < -0.4 is 5.32 Å². The number of nitrogens with one attached hydrogen (secondary N) is 1. The fraction of sp³-hybridized carbons (Fsp3) is 0.577. The average Bonchev–Trinajstić information content (AvgIpc) is 3.34. The number of benzene rings is 1. The van der Waals surface area contributed by atoms with Gasteiger partial charge in [0, 0.05) is 49.4 Å². The molecule has 2 aromatic rings. The molecular weight excluding hydrogens is 386 g/mol. The summed E-state index contributed by atoms with van der Waals surface area (Å²) in [7, 11) is 0. The van der Waals surface area contributed by atoms with E-state index >= 15 is 0 Å². The third-order valence-corrected chi connectivity index (χ3v) is 6.91. The van der Waals surface area contributed by atoms with Gasteiger partial charge in [-0.2, -0.15) is 0 Å². The molecule has 2 aliphatic rings. The molecule has 5 nitrogen and oxygen atoms in total. The van der Waals surface area contributed by atoms with Crippen LogP contribution in [0.3, 0.4) is 0 Å². The molecule has 5 heteroatoms. The van der Waals surface area contributed by atoms with E-state index in [1.165, 1.54) is 38.6 Å². The molecule has 0 unspecified atom stereocenters. The quantitative estimate of drug-likeness (QED) is 0.679. The van der Waals surface area contributed by atoms with Gasteiger partial charge < -0.3 is 19.5 Å². The fourth-order valence-corrected chi connectivity index (χ4v) is 5.23. The zero-order chi connectivity index (χ0) is 21.5. The molecule has 1 N–H and O–H groups in total. The minimum atomic E-state index is 0.0591. The molecule has 4 rings (SSSR count). The maximum Gasteiger partial charge on any atom is 0.251 e. The number of amides is 1. The summed E-state index contributed by atoms with van der Waals surface area (Å²) < 4.78 is 7.73. The number of aromatic nitrogens is 1. The van der Waals surface area contributed by atoms with Gasteiger partial charge in [0.1, 0.15) is 0 Å². The number of nitrogens with zero attached hydrogens (tertiary/aromatic N) is 2. The van der Waals surface area contributed by atoms with Crippen molar-refractivity contribution in [2.24, 2.45) is 11.8 Å². The Bertz CT molecular complexity index is 803. The second kappa shape index (κ2) is 11.0. The number of hydrogen-bond acceptors (Lipinski definition) is 3. The van der Waals surface area contributed by atoms with Gasteiger partial charge in [-0.1, -0.05) is 12.8 Å². The second-order valence-electron chi connectivity index (χ2n) is 9.19. The van der Waals surface area contributed by atoms with Crippen LogP contribution in [0.5, 0.6) is 0 Å². The van der Waals surface area contributed by atoms with Crippen LogP contribution in [0.25, 0.3) is 5.69 Å². The van der Waals surface area contributed by atoms with Crippen LogP contribution in [-0.2, 0) is 4.74 Å². The van der Waals surface area contributed by atoms with Crippen LogP contribution in [0.1, 0.15) is 55.8 Å². The first kappa shape index (κ1) is 22.1. The molecule has 2 fully saturated rings. The Morgan fingerprint density at radius 2 is 1.84 bits per heavy atom. The Labute approximate surface area is 186 Å². The number of ether oxygens (including phenoxy) is 1. The normalized spacial score (nSPS) is 24.7. The lowest BCUT2D eigenvalue weighted by Crippen LogP contribution is -2.48. The van der Waals surface area contributed by atoms with Gasteiger partial charge in [0.25, 0.3) is 5.91 Å². The first-order valence-corrected chi connectivity index (χ1v) is 12.1. The monoisotopic (exact) mass is 423 g/mol. The summed E-state index contributed by atoms with van der Waals surface area (Å²) in [5, 5.41) is 3.38. The third-order valence-electron chi connectivity index (χ3n) is 6.91. The van der Waals surface area contributed by atoms with E-state index in [1.807, 2.05) is 48.8 Å². The Kier molecular flexibility index (Phi) is 7.81. The summed E-state index contributed by atoms with van der Waals surface area (Å²) in [4.78, 5) is 15.6. The van der Waals surface area contributed by atoms with Crippen molar-refractivity contribution in [2.75, 3.05) is 32.8 Å². The third kappa shape index (κ3) is 5.98. The molecule has 1 amide bonds. The summed E-state index contributed by atoms with van der Waals surface area (Å²) in [5.41, 5.74) is 1.82. The Morgan fingerprint density at radius 1 is 1.06 bits per heavy atom. The predicted octanol–water partition coefficient (Wildman–Crippen LogP) is 4.51. The van der Waals surface area contributed by atoms with Crippen molar-refractivity contribution in [3.8, 4) is 5.69 Å². The van der Waals surface area contributed by atoms with Crippen molar-refractivity contribution in [2.45, 2.75) is 51.5 Å². The molecule has 1 saturated carbocycles. The highest BCUT2D eigenvalue weighted by molar-refractivity contribution is 5.94. The first-order chi connectivity index (χ1) is 15.2. The van der Waals surface area contributed by atoms with E-state index in [4.69, 9.17) is 4.74 Å². The van der Waals surface area contributed by atoms with Gasteiger partial charge >= 0.3 is 0 Å². The van der Waals surface area contributed by atoms with E-state index < -0.39 is 0 Å². The molecule has 31 heavy (non-hydrogen) atoms. The first-order valence-electron chi connectivity index (χ1n) is 12.1. The summed E-state index contributed by atoms with van der Waals surface area (Å²) in [6, 6.07) is 12.2. The second-order valence-corrected chi connectivity index (χ2v) is 9.19. The van der Waals surface area contributed by atoms with Crippen molar-refractivity contribution in [1.82, 2.24) is 14.8 Å². The van der Waals surface area contributed by atoms with Gasteiger partial charge in [0.2, 0.25) is 0 Å². The highest BCUT2D eigenvalue weighted by Gasteiger charge is 2.30. The zero-order valence-corrected chi connectivity index (χ0v) is 18.8. The van der Waals surface area contributed by atoms with Crippen molar-refractivity contribution < 1.29 is 9.53 Å². The van der Waals surface area contributed by atoms with Crippen LogP contribution in [0.15, 0.2) is 48.8 Å². The molecule has 1 saturated heterocycles. The van der Waals surface area contributed by atoms with Crippen molar-refractivity contribution >= 4 is 5.91 Å². The average molecular weight is 424 g/mol. The number of piperidine rings is 1. The van der Waals surface area contributed by atoms with Crippen molar-refractivity contribution in [3.63, 3.8) is 0 Å². The van der Waals surface area contributed by atoms with Crippen LogP contribution in [0.4, 0.5) is 0 Å². The molecule has 2 heterocycles. The molecule has 1 aliphatic heterocycles. The molecule has 3 atom stereocenters. The van der Waals surface area contributed by atoms with Gasteiger partial charge in [-0.05, 0) is 87.4 Å². The fourth-order valence-electron chi connectivity index (χ4n) is 5.23. The molecule has 0 bridgehead atoms. The number of hydrogen-bond donors (Lipinski definition) is 1. The maximum atomic E-state index is 13.0. The Morgan fingerprint density at radius 3 is 2.61 bits per heavy atom. The lowest BCUT2D eigenvalue weighted by atomic mass is 9.83. The summed E-state index contributed by atoms with van der Waals surface area (Å²) >= 11 is 0. The van der Waals surface area contributed by atoms with Crippen molar-refractivity contribution in [3.05, 3.63) is 54.4 Å². The lowest BCUT2D eigenvalue weighted by Gasteiger charge is -2.39. The molecular formula is C26H37N3O2. The molecule has 0 radical (unpaired) electrons. The van der Waals surface area contributed by atoms with Crippen LogP contribution >= 0.6 is 0 Å². The number of carbonyl (C=O) groups is 1. The minimum absolute atomic E-state index is 0.0591. The summed E-state index contributed by atoms with van der Waals surface area (Å²) in [5.74, 6) is 1.26. The van der Waals surface area contributed by atoms with Gasteiger partial charge in [-0.25, -0.2) is 0 Å². The molecule has 1 aromatic carbocycles.